The Bertz CT molecular complexity index is 765. The highest BCUT2D eigenvalue weighted by atomic mass is 35.5. The first-order chi connectivity index (χ1) is 11.9. The highest BCUT2D eigenvalue weighted by molar-refractivity contribution is 6.44. The van der Waals surface area contributed by atoms with Crippen LogP contribution >= 0.6 is 34.8 Å². The van der Waals surface area contributed by atoms with E-state index in [-0.39, 0.29) is 5.02 Å². The number of carbonyl (C=O) groups excluding carboxylic acids is 2. The van der Waals surface area contributed by atoms with Crippen molar-refractivity contribution in [2.24, 2.45) is 0 Å². The summed E-state index contributed by atoms with van der Waals surface area (Å²) in [5, 5.41) is 3.59. The largest absolute Gasteiger partial charge is 0.479 e. The van der Waals surface area contributed by atoms with Gasteiger partial charge < -0.3 is 14.8 Å². The number of hydrogen-bond donors (Lipinski definition) is 1. The minimum atomic E-state index is -0.885. The van der Waals surface area contributed by atoms with Crippen molar-refractivity contribution in [3.8, 4) is 5.75 Å². The maximum Gasteiger partial charge on any atom is 0.347 e. The molecule has 0 radical (unpaired) electrons. The molecule has 0 spiro atoms. The summed E-state index contributed by atoms with van der Waals surface area (Å²) in [5.41, 5.74) is 0.334. The summed E-state index contributed by atoms with van der Waals surface area (Å²) in [6, 6.07) is 11.3. The second kappa shape index (κ2) is 8.94. The molecule has 0 unspecified atom stereocenters. The van der Waals surface area contributed by atoms with E-state index in [0.29, 0.717) is 21.5 Å². The summed E-state index contributed by atoms with van der Waals surface area (Å²) < 4.78 is 10.3. The topological polar surface area (TPSA) is 64.6 Å². The predicted molar refractivity (Wildman–Crippen MR) is 97.6 cm³/mol. The van der Waals surface area contributed by atoms with Crippen molar-refractivity contribution in [3.05, 3.63) is 57.5 Å². The molecule has 0 saturated carbocycles. The standard InChI is InChI=1S/C17H14Cl3NO4/c1-10(25-12-7-5-11(18)6-8-12)17(23)24-9-15(22)21-14-4-2-3-13(19)16(14)20/h2-8,10H,9H2,1H3,(H,21,22)/t10-/m1/s1. The van der Waals surface area contributed by atoms with Crippen molar-refractivity contribution in [2.45, 2.75) is 13.0 Å². The van der Waals surface area contributed by atoms with Gasteiger partial charge in [0.05, 0.1) is 15.7 Å². The molecule has 25 heavy (non-hydrogen) atoms. The van der Waals surface area contributed by atoms with Gasteiger partial charge in [-0.1, -0.05) is 40.9 Å². The Morgan fingerprint density at radius 2 is 1.76 bits per heavy atom. The summed E-state index contributed by atoms with van der Waals surface area (Å²) in [5.74, 6) is -0.762. The number of anilines is 1. The SMILES string of the molecule is C[C@@H](Oc1ccc(Cl)cc1)C(=O)OCC(=O)Nc1cccc(Cl)c1Cl. The number of ether oxygens (including phenoxy) is 2. The Hall–Kier alpha value is -1.95. The van der Waals surface area contributed by atoms with Gasteiger partial charge in [0.1, 0.15) is 5.75 Å². The third-order valence-electron chi connectivity index (χ3n) is 3.03. The average Bonchev–Trinajstić information content (AvgIpc) is 2.59. The van der Waals surface area contributed by atoms with E-state index in [1.165, 1.54) is 6.92 Å². The van der Waals surface area contributed by atoms with Crippen molar-refractivity contribution in [1.29, 1.82) is 0 Å². The number of carbonyl (C=O) groups is 2. The van der Waals surface area contributed by atoms with E-state index in [0.717, 1.165) is 0 Å². The van der Waals surface area contributed by atoms with E-state index in [1.54, 1.807) is 42.5 Å². The van der Waals surface area contributed by atoms with E-state index >= 15 is 0 Å². The number of amides is 1. The highest BCUT2D eigenvalue weighted by Crippen LogP contribution is 2.29. The zero-order chi connectivity index (χ0) is 18.4. The molecule has 2 rings (SSSR count). The van der Waals surface area contributed by atoms with Crippen LogP contribution in [0.3, 0.4) is 0 Å². The van der Waals surface area contributed by atoms with Gasteiger partial charge in [-0.2, -0.15) is 0 Å². The number of halogens is 3. The van der Waals surface area contributed by atoms with Crippen LogP contribution in [0.2, 0.25) is 15.1 Å². The van der Waals surface area contributed by atoms with Crippen LogP contribution in [0.1, 0.15) is 6.92 Å². The molecule has 0 saturated heterocycles. The molecule has 0 aliphatic heterocycles. The monoisotopic (exact) mass is 401 g/mol. The van der Waals surface area contributed by atoms with Gasteiger partial charge in [0.25, 0.3) is 5.91 Å². The van der Waals surface area contributed by atoms with Gasteiger partial charge in [-0.25, -0.2) is 4.79 Å². The minimum absolute atomic E-state index is 0.211. The zero-order valence-electron chi connectivity index (χ0n) is 13.1. The van der Waals surface area contributed by atoms with E-state index in [1.807, 2.05) is 0 Å². The molecular weight excluding hydrogens is 389 g/mol. The molecule has 0 heterocycles. The van der Waals surface area contributed by atoms with Crippen molar-refractivity contribution in [2.75, 3.05) is 11.9 Å². The van der Waals surface area contributed by atoms with Crippen LogP contribution in [-0.2, 0) is 14.3 Å². The third-order valence-corrected chi connectivity index (χ3v) is 4.10. The van der Waals surface area contributed by atoms with E-state index in [4.69, 9.17) is 44.3 Å². The van der Waals surface area contributed by atoms with Crippen LogP contribution in [0.5, 0.6) is 5.75 Å². The molecule has 0 aliphatic rings. The van der Waals surface area contributed by atoms with Gasteiger partial charge >= 0.3 is 5.97 Å². The Kier molecular flexibility index (Phi) is 6.93. The van der Waals surface area contributed by atoms with Crippen LogP contribution < -0.4 is 10.1 Å². The summed E-state index contributed by atoms with van der Waals surface area (Å²) in [6.07, 6.45) is -0.885. The fourth-order valence-electron chi connectivity index (χ4n) is 1.81. The molecule has 5 nitrogen and oxygen atoms in total. The van der Waals surface area contributed by atoms with Gasteiger partial charge in [-0.05, 0) is 43.3 Å². The molecule has 0 fully saturated rings. The third kappa shape index (κ3) is 5.81. The van der Waals surface area contributed by atoms with E-state index in [9.17, 15) is 9.59 Å². The Morgan fingerprint density at radius 3 is 2.44 bits per heavy atom. The smallest absolute Gasteiger partial charge is 0.347 e. The van der Waals surface area contributed by atoms with Crippen molar-refractivity contribution >= 4 is 52.4 Å². The average molecular weight is 403 g/mol. The van der Waals surface area contributed by atoms with Gasteiger partial charge in [0, 0.05) is 5.02 Å². The number of rotatable bonds is 6. The summed E-state index contributed by atoms with van der Waals surface area (Å²) in [6.45, 7) is 1.04. The second-order valence-electron chi connectivity index (χ2n) is 4.97. The molecule has 2 aromatic carbocycles. The van der Waals surface area contributed by atoms with Crippen molar-refractivity contribution in [1.82, 2.24) is 0 Å². The lowest BCUT2D eigenvalue weighted by molar-refractivity contribution is -0.153. The van der Waals surface area contributed by atoms with E-state index < -0.39 is 24.6 Å². The van der Waals surface area contributed by atoms with Crippen LogP contribution in [0.15, 0.2) is 42.5 Å². The highest BCUT2D eigenvalue weighted by Gasteiger charge is 2.18. The maximum absolute atomic E-state index is 11.9. The van der Waals surface area contributed by atoms with Crippen LogP contribution in [0, 0.1) is 0 Å². The molecular formula is C17H14Cl3NO4. The predicted octanol–water partition coefficient (Wildman–Crippen LogP) is 4.60. The Labute approximate surface area is 159 Å². The first-order valence-electron chi connectivity index (χ1n) is 7.19. The van der Waals surface area contributed by atoms with E-state index in [2.05, 4.69) is 5.32 Å². The summed E-state index contributed by atoms with van der Waals surface area (Å²) in [4.78, 5) is 23.7. The molecule has 8 heteroatoms. The fraction of sp³-hybridized carbons (Fsp3) is 0.176. The Balaban J connectivity index is 1.83. The van der Waals surface area contributed by atoms with Gasteiger partial charge in [-0.15, -0.1) is 0 Å². The number of hydrogen-bond acceptors (Lipinski definition) is 4. The Morgan fingerprint density at radius 1 is 1.08 bits per heavy atom. The molecule has 2 aromatic rings. The van der Waals surface area contributed by atoms with Crippen molar-refractivity contribution in [3.63, 3.8) is 0 Å². The molecule has 1 atom stereocenters. The maximum atomic E-state index is 11.9. The lowest BCUT2D eigenvalue weighted by atomic mass is 10.3. The zero-order valence-corrected chi connectivity index (χ0v) is 15.4. The van der Waals surface area contributed by atoms with Crippen LogP contribution in [-0.4, -0.2) is 24.6 Å². The number of nitrogens with one attached hydrogen (secondary N) is 1. The molecule has 0 aromatic heterocycles. The molecule has 0 aliphatic carbocycles. The van der Waals surface area contributed by atoms with Crippen LogP contribution in [0.4, 0.5) is 5.69 Å². The number of esters is 1. The van der Waals surface area contributed by atoms with Crippen LogP contribution in [0.25, 0.3) is 0 Å². The normalized spacial score (nSPS) is 11.5. The quantitative estimate of drug-likeness (QED) is 0.717. The first kappa shape index (κ1) is 19.4. The molecule has 132 valence electrons. The summed E-state index contributed by atoms with van der Waals surface area (Å²) >= 11 is 17.6. The second-order valence-corrected chi connectivity index (χ2v) is 6.19. The number of benzene rings is 2. The molecule has 1 amide bonds. The molecule has 0 bridgehead atoms. The van der Waals surface area contributed by atoms with Gasteiger partial charge in [0.15, 0.2) is 12.7 Å². The lowest BCUT2D eigenvalue weighted by Crippen LogP contribution is -2.29. The first-order valence-corrected chi connectivity index (χ1v) is 8.33. The lowest BCUT2D eigenvalue weighted by Gasteiger charge is -2.14. The minimum Gasteiger partial charge on any atom is -0.479 e. The van der Waals surface area contributed by atoms with Gasteiger partial charge in [0.2, 0.25) is 0 Å². The fourth-order valence-corrected chi connectivity index (χ4v) is 2.28. The summed E-state index contributed by atoms with van der Waals surface area (Å²) in [7, 11) is 0. The molecule has 1 N–H and O–H groups in total. The van der Waals surface area contributed by atoms with Crippen molar-refractivity contribution < 1.29 is 19.1 Å². The van der Waals surface area contributed by atoms with Gasteiger partial charge in [-0.3, -0.25) is 4.79 Å².